The summed E-state index contributed by atoms with van der Waals surface area (Å²) < 4.78 is 31.0. The van der Waals surface area contributed by atoms with Crippen LogP contribution in [-0.4, -0.2) is 24.1 Å². The number of pyridine rings is 2. The fourth-order valence-electron chi connectivity index (χ4n) is 2.74. The molecule has 0 unspecified atom stereocenters. The molecule has 126 valence electrons. The Balaban J connectivity index is 1.86. The lowest BCUT2D eigenvalue weighted by Crippen LogP contribution is -2.01. The van der Waals surface area contributed by atoms with Crippen LogP contribution in [0.3, 0.4) is 0 Å². The maximum atomic E-state index is 14.1. The molecule has 0 aromatic carbocycles. The average Bonchev–Trinajstić information content (AvgIpc) is 3.12. The van der Waals surface area contributed by atoms with Crippen LogP contribution in [0, 0.1) is 25.5 Å². The fourth-order valence-corrected chi connectivity index (χ4v) is 3.03. The molecule has 5 nitrogen and oxygen atoms in total. The number of halogens is 3. The Morgan fingerprint density at radius 2 is 1.68 bits per heavy atom. The Kier molecular flexibility index (Phi) is 3.64. The highest BCUT2D eigenvalue weighted by molar-refractivity contribution is 9.10. The largest absolute Gasteiger partial charge is 0.286 e. The summed E-state index contributed by atoms with van der Waals surface area (Å²) >= 11 is 2.98. The van der Waals surface area contributed by atoms with E-state index >= 15 is 0 Å². The maximum absolute atomic E-state index is 14.1. The van der Waals surface area contributed by atoms with Crippen LogP contribution in [0.25, 0.3) is 22.9 Å². The Labute approximate surface area is 150 Å². The van der Waals surface area contributed by atoms with E-state index in [0.717, 1.165) is 17.5 Å². The van der Waals surface area contributed by atoms with Crippen molar-refractivity contribution in [3.05, 3.63) is 64.2 Å². The highest BCUT2D eigenvalue weighted by Gasteiger charge is 2.15. The van der Waals surface area contributed by atoms with Gasteiger partial charge >= 0.3 is 0 Å². The van der Waals surface area contributed by atoms with Crippen molar-refractivity contribution < 1.29 is 8.78 Å². The van der Waals surface area contributed by atoms with Gasteiger partial charge in [-0.2, -0.15) is 4.98 Å². The monoisotopic (exact) mass is 403 g/mol. The van der Waals surface area contributed by atoms with Gasteiger partial charge in [0.2, 0.25) is 0 Å². The zero-order valence-electron chi connectivity index (χ0n) is 13.3. The lowest BCUT2D eigenvalue weighted by atomic mass is 10.1. The van der Waals surface area contributed by atoms with Crippen LogP contribution in [0.5, 0.6) is 0 Å². The van der Waals surface area contributed by atoms with E-state index in [-0.39, 0.29) is 10.3 Å². The zero-order valence-corrected chi connectivity index (χ0v) is 14.9. The molecule has 0 saturated heterocycles. The molecule has 4 heterocycles. The molecule has 0 saturated carbocycles. The lowest BCUT2D eigenvalue weighted by molar-refractivity contribution is 0.570. The highest BCUT2D eigenvalue weighted by Crippen LogP contribution is 2.26. The van der Waals surface area contributed by atoms with E-state index < -0.39 is 11.6 Å². The molecule has 0 amide bonds. The number of aromatic nitrogens is 5. The van der Waals surface area contributed by atoms with E-state index in [2.05, 4.69) is 31.0 Å². The number of fused-ring (bicyclic) bond motifs is 1. The molecule has 4 aromatic rings. The number of rotatable bonds is 2. The first-order chi connectivity index (χ1) is 11.9. The van der Waals surface area contributed by atoms with Crippen molar-refractivity contribution in [2.24, 2.45) is 0 Å². The summed E-state index contributed by atoms with van der Waals surface area (Å²) in [6, 6.07) is 8.11. The smallest absolute Gasteiger partial charge is 0.254 e. The van der Waals surface area contributed by atoms with Gasteiger partial charge in [0.15, 0.2) is 17.3 Å². The van der Waals surface area contributed by atoms with Gasteiger partial charge in [0.25, 0.3) is 5.95 Å². The van der Waals surface area contributed by atoms with Gasteiger partial charge < -0.3 is 0 Å². The van der Waals surface area contributed by atoms with Crippen molar-refractivity contribution in [2.75, 3.05) is 0 Å². The fraction of sp³-hybridized carbons (Fsp3) is 0.118. The predicted octanol–water partition coefficient (Wildman–Crippen LogP) is 4.24. The van der Waals surface area contributed by atoms with E-state index in [1.807, 2.05) is 30.5 Å². The second-order valence-electron chi connectivity index (χ2n) is 5.67. The van der Waals surface area contributed by atoms with E-state index in [0.29, 0.717) is 17.2 Å². The molecule has 0 spiro atoms. The third-order valence-corrected chi connectivity index (χ3v) is 4.51. The summed E-state index contributed by atoms with van der Waals surface area (Å²) in [7, 11) is 0. The quantitative estimate of drug-likeness (QED) is 0.470. The molecule has 0 fully saturated rings. The molecule has 0 aliphatic carbocycles. The minimum atomic E-state index is -0.745. The minimum absolute atomic E-state index is 0.0375. The Morgan fingerprint density at radius 3 is 2.40 bits per heavy atom. The predicted molar refractivity (Wildman–Crippen MR) is 92.6 cm³/mol. The zero-order chi connectivity index (χ0) is 17.7. The molecule has 0 N–H and O–H groups in total. The third kappa shape index (κ3) is 2.62. The van der Waals surface area contributed by atoms with Crippen molar-refractivity contribution in [3.63, 3.8) is 0 Å². The maximum Gasteiger partial charge on any atom is 0.254 e. The topological polar surface area (TPSA) is 48.0 Å². The normalized spacial score (nSPS) is 11.4. The van der Waals surface area contributed by atoms with E-state index in [9.17, 15) is 8.78 Å². The van der Waals surface area contributed by atoms with Crippen LogP contribution in [-0.2, 0) is 0 Å². The molecule has 0 atom stereocenters. The number of hydrogen-bond acceptors (Lipinski definition) is 3. The van der Waals surface area contributed by atoms with Gasteiger partial charge in [-0.3, -0.25) is 4.57 Å². The van der Waals surface area contributed by atoms with Gasteiger partial charge in [0, 0.05) is 29.2 Å². The summed E-state index contributed by atoms with van der Waals surface area (Å²) in [4.78, 5) is 8.45. The van der Waals surface area contributed by atoms with Gasteiger partial charge in [-0.15, -0.1) is 5.10 Å². The van der Waals surface area contributed by atoms with Crippen molar-refractivity contribution in [3.8, 4) is 17.2 Å². The molecule has 0 radical (unpaired) electrons. The van der Waals surface area contributed by atoms with E-state index in [1.165, 1.54) is 0 Å². The second kappa shape index (κ2) is 5.73. The Bertz CT molecular complexity index is 1100. The van der Waals surface area contributed by atoms with Crippen molar-refractivity contribution in [2.45, 2.75) is 13.8 Å². The summed E-state index contributed by atoms with van der Waals surface area (Å²) in [5.41, 5.74) is 3.12. The molecule has 0 bridgehead atoms. The second-order valence-corrected chi connectivity index (χ2v) is 6.42. The van der Waals surface area contributed by atoms with Gasteiger partial charge in [0.1, 0.15) is 10.3 Å². The number of nitrogens with zero attached hydrogens (tertiary/aromatic N) is 5. The SMILES string of the molecule is Cc1ccc(C)n1-c1nc2cc(-c3nc(Br)c(F)cc3F)ccn2n1. The average molecular weight is 404 g/mol. The van der Waals surface area contributed by atoms with Gasteiger partial charge in [0.05, 0.1) is 0 Å². The lowest BCUT2D eigenvalue weighted by Gasteiger charge is -2.04. The number of aryl methyl sites for hydroxylation is 2. The Hall–Kier alpha value is -2.61. The molecule has 25 heavy (non-hydrogen) atoms. The van der Waals surface area contributed by atoms with Crippen LogP contribution in [0.2, 0.25) is 0 Å². The first-order valence-corrected chi connectivity index (χ1v) is 8.27. The molecular formula is C17H12BrF2N5. The Morgan fingerprint density at radius 1 is 0.960 bits per heavy atom. The summed E-state index contributed by atoms with van der Waals surface area (Å²) in [5.74, 6) is -0.946. The standard InChI is InChI=1S/C17H12BrF2N5/c1-9-3-4-10(2)25(9)17-21-14-7-11(5-6-24(14)23-17)15-12(19)8-13(20)16(18)22-15/h3-8H,1-2H3. The van der Waals surface area contributed by atoms with Crippen LogP contribution >= 0.6 is 15.9 Å². The summed E-state index contributed by atoms with van der Waals surface area (Å²) in [5, 5.41) is 4.45. The molecule has 4 rings (SSSR count). The van der Waals surface area contributed by atoms with Crippen LogP contribution < -0.4 is 0 Å². The van der Waals surface area contributed by atoms with E-state index in [1.54, 1.807) is 22.8 Å². The van der Waals surface area contributed by atoms with Gasteiger partial charge in [-0.1, -0.05) is 0 Å². The summed E-state index contributed by atoms with van der Waals surface area (Å²) in [6.07, 6.45) is 1.67. The first kappa shape index (κ1) is 15.9. The van der Waals surface area contributed by atoms with Gasteiger partial charge in [-0.25, -0.2) is 18.3 Å². The van der Waals surface area contributed by atoms with Crippen molar-refractivity contribution in [1.82, 2.24) is 24.1 Å². The van der Waals surface area contributed by atoms with Crippen LogP contribution in [0.15, 0.2) is 41.1 Å². The van der Waals surface area contributed by atoms with Crippen molar-refractivity contribution >= 4 is 21.6 Å². The van der Waals surface area contributed by atoms with Crippen LogP contribution in [0.1, 0.15) is 11.4 Å². The third-order valence-electron chi connectivity index (χ3n) is 3.96. The first-order valence-electron chi connectivity index (χ1n) is 7.47. The minimum Gasteiger partial charge on any atom is -0.286 e. The molecule has 0 aliphatic rings. The molecule has 4 aromatic heterocycles. The molecule has 8 heteroatoms. The molecular weight excluding hydrogens is 392 g/mol. The number of hydrogen-bond donors (Lipinski definition) is 0. The molecule has 0 aliphatic heterocycles. The van der Waals surface area contributed by atoms with Gasteiger partial charge in [-0.05, 0) is 54.0 Å². The van der Waals surface area contributed by atoms with Crippen LogP contribution in [0.4, 0.5) is 8.78 Å². The van der Waals surface area contributed by atoms with E-state index in [4.69, 9.17) is 0 Å². The summed E-state index contributed by atoms with van der Waals surface area (Å²) in [6.45, 7) is 3.94. The highest BCUT2D eigenvalue weighted by atomic mass is 79.9. The van der Waals surface area contributed by atoms with Crippen molar-refractivity contribution in [1.29, 1.82) is 0 Å².